The van der Waals surface area contributed by atoms with E-state index in [1.54, 1.807) is 6.20 Å². The second-order valence-electron chi connectivity index (χ2n) is 8.17. The first-order valence-electron chi connectivity index (χ1n) is 11.4. The molecule has 32 heavy (non-hydrogen) atoms. The van der Waals surface area contributed by atoms with Gasteiger partial charge in [0.05, 0.1) is 0 Å². The smallest absolute Gasteiger partial charge is 0.180 e. The lowest BCUT2D eigenvalue weighted by Gasteiger charge is -2.09. The summed E-state index contributed by atoms with van der Waals surface area (Å²) in [7, 11) is 0. The third-order valence-corrected chi connectivity index (χ3v) is 5.84. The summed E-state index contributed by atoms with van der Waals surface area (Å²) in [5.41, 5.74) is 4.18. The second kappa shape index (κ2) is 10.3. The van der Waals surface area contributed by atoms with E-state index < -0.39 is 0 Å². The van der Waals surface area contributed by atoms with Crippen LogP contribution in [0.3, 0.4) is 0 Å². The highest BCUT2D eigenvalue weighted by molar-refractivity contribution is 5.79. The molecule has 1 atom stereocenters. The van der Waals surface area contributed by atoms with Gasteiger partial charge in [0.2, 0.25) is 0 Å². The Balaban J connectivity index is 1.57. The van der Waals surface area contributed by atoms with Crippen molar-refractivity contribution in [2.45, 2.75) is 65.3 Å². The molecule has 0 radical (unpaired) electrons. The van der Waals surface area contributed by atoms with Crippen molar-refractivity contribution in [3.63, 3.8) is 0 Å². The van der Waals surface area contributed by atoms with Crippen molar-refractivity contribution < 1.29 is 0 Å². The predicted molar refractivity (Wildman–Crippen MR) is 124 cm³/mol. The van der Waals surface area contributed by atoms with Gasteiger partial charge in [0.1, 0.15) is 5.82 Å². The molecule has 3 aromatic heterocycles. The lowest BCUT2D eigenvalue weighted by molar-refractivity contribution is 0.526. The van der Waals surface area contributed by atoms with E-state index in [-0.39, 0.29) is 0 Å². The first kappa shape index (κ1) is 21.8. The zero-order chi connectivity index (χ0) is 22.3. The molecule has 0 aliphatic rings. The molecule has 4 aromatic rings. The Bertz CT molecular complexity index is 1120. The molecule has 0 aliphatic heterocycles. The third-order valence-electron chi connectivity index (χ3n) is 5.84. The average molecular weight is 431 g/mol. The molecule has 8 nitrogen and oxygen atoms in total. The van der Waals surface area contributed by atoms with E-state index >= 15 is 0 Å². The lowest BCUT2D eigenvalue weighted by atomic mass is 9.99. The molecule has 0 saturated heterocycles. The number of aromatic amines is 1. The summed E-state index contributed by atoms with van der Waals surface area (Å²) in [6.07, 6.45) is 8.94. The molecular formula is C24H30N8. The highest BCUT2D eigenvalue weighted by atomic mass is 15.5. The Morgan fingerprint density at radius 2 is 1.88 bits per heavy atom. The van der Waals surface area contributed by atoms with Gasteiger partial charge in [-0.3, -0.25) is 4.98 Å². The van der Waals surface area contributed by atoms with Crippen molar-refractivity contribution >= 4 is 0 Å². The number of nitrogens with zero attached hydrogens (tertiary/aromatic N) is 7. The highest BCUT2D eigenvalue weighted by Gasteiger charge is 2.15. The number of aryl methyl sites for hydroxylation is 1. The summed E-state index contributed by atoms with van der Waals surface area (Å²) in [5.74, 6) is 3.00. The van der Waals surface area contributed by atoms with Gasteiger partial charge in [0, 0.05) is 42.4 Å². The Morgan fingerprint density at radius 3 is 2.59 bits per heavy atom. The van der Waals surface area contributed by atoms with Crippen LogP contribution < -0.4 is 0 Å². The molecule has 8 heteroatoms. The van der Waals surface area contributed by atoms with Crippen molar-refractivity contribution in [2.75, 3.05) is 0 Å². The van der Waals surface area contributed by atoms with Crippen LogP contribution in [-0.2, 0) is 13.0 Å². The van der Waals surface area contributed by atoms with Crippen molar-refractivity contribution in [1.82, 2.24) is 40.4 Å². The molecule has 0 amide bonds. The minimum atomic E-state index is 0.373. The van der Waals surface area contributed by atoms with E-state index in [2.05, 4.69) is 75.3 Å². The lowest BCUT2D eigenvalue weighted by Crippen LogP contribution is -2.07. The summed E-state index contributed by atoms with van der Waals surface area (Å²) in [6.45, 7) is 7.53. The monoisotopic (exact) mass is 430 g/mol. The fourth-order valence-corrected chi connectivity index (χ4v) is 3.70. The van der Waals surface area contributed by atoms with Gasteiger partial charge in [-0.15, -0.1) is 5.10 Å². The Morgan fingerprint density at radius 1 is 1.03 bits per heavy atom. The van der Waals surface area contributed by atoms with Gasteiger partial charge in [-0.1, -0.05) is 57.9 Å². The molecule has 166 valence electrons. The fraction of sp³-hybridized carbons (Fsp3) is 0.417. The summed E-state index contributed by atoms with van der Waals surface area (Å²) >= 11 is 0. The Labute approximate surface area is 188 Å². The predicted octanol–water partition coefficient (Wildman–Crippen LogP) is 4.81. The van der Waals surface area contributed by atoms with E-state index in [4.69, 9.17) is 10.1 Å². The van der Waals surface area contributed by atoms with Crippen molar-refractivity contribution in [2.24, 2.45) is 0 Å². The van der Waals surface area contributed by atoms with Crippen LogP contribution in [0.25, 0.3) is 22.5 Å². The number of nitrogens with one attached hydrogen (secondary N) is 1. The van der Waals surface area contributed by atoms with Gasteiger partial charge in [0.15, 0.2) is 11.6 Å². The number of pyridine rings is 1. The molecule has 0 bridgehead atoms. The van der Waals surface area contributed by atoms with Crippen LogP contribution in [0.1, 0.15) is 69.6 Å². The number of hydrogen-bond acceptors (Lipinski definition) is 6. The summed E-state index contributed by atoms with van der Waals surface area (Å²) in [4.78, 5) is 9.19. The maximum atomic E-state index is 4.90. The van der Waals surface area contributed by atoms with Crippen LogP contribution in [0.5, 0.6) is 0 Å². The molecular weight excluding hydrogens is 400 g/mol. The summed E-state index contributed by atoms with van der Waals surface area (Å²) in [6, 6.07) is 10.5. The minimum absolute atomic E-state index is 0.373. The van der Waals surface area contributed by atoms with Gasteiger partial charge >= 0.3 is 0 Å². The minimum Gasteiger partial charge on any atom is -0.264 e. The van der Waals surface area contributed by atoms with Gasteiger partial charge in [-0.05, 0) is 40.5 Å². The van der Waals surface area contributed by atoms with Crippen LogP contribution in [0.15, 0.2) is 42.7 Å². The summed E-state index contributed by atoms with van der Waals surface area (Å²) < 4.78 is 2.11. The van der Waals surface area contributed by atoms with Gasteiger partial charge in [-0.25, -0.2) is 14.8 Å². The zero-order valence-corrected chi connectivity index (χ0v) is 19.0. The van der Waals surface area contributed by atoms with Crippen LogP contribution in [-0.4, -0.2) is 40.4 Å². The number of rotatable bonds is 10. The summed E-state index contributed by atoms with van der Waals surface area (Å²) in [5, 5.41) is 19.1. The Kier molecular flexibility index (Phi) is 6.99. The number of aromatic nitrogens is 8. The quantitative estimate of drug-likeness (QED) is 0.362. The molecule has 0 saturated carbocycles. The van der Waals surface area contributed by atoms with Crippen LogP contribution >= 0.6 is 0 Å². The van der Waals surface area contributed by atoms with E-state index in [9.17, 15) is 0 Å². The van der Waals surface area contributed by atoms with E-state index in [1.807, 2.05) is 12.3 Å². The molecule has 1 N–H and O–H groups in total. The molecule has 1 aromatic carbocycles. The van der Waals surface area contributed by atoms with E-state index in [0.29, 0.717) is 11.7 Å². The van der Waals surface area contributed by atoms with Gasteiger partial charge in [-0.2, -0.15) is 5.10 Å². The number of unbranched alkanes of at least 4 members (excludes halogenated alkanes) is 2. The van der Waals surface area contributed by atoms with E-state index in [1.165, 1.54) is 18.4 Å². The molecule has 0 spiro atoms. The second-order valence-corrected chi connectivity index (χ2v) is 8.17. The number of hydrogen-bond donors (Lipinski definition) is 1. The van der Waals surface area contributed by atoms with Crippen molar-refractivity contribution in [3.05, 3.63) is 59.9 Å². The van der Waals surface area contributed by atoms with Gasteiger partial charge < -0.3 is 0 Å². The molecule has 4 rings (SSSR count). The number of tetrazole rings is 1. The van der Waals surface area contributed by atoms with Crippen molar-refractivity contribution in [3.8, 4) is 22.5 Å². The molecule has 1 unspecified atom stereocenters. The average Bonchev–Trinajstić information content (AvgIpc) is 3.50. The van der Waals surface area contributed by atoms with Crippen LogP contribution in [0.4, 0.5) is 0 Å². The largest absolute Gasteiger partial charge is 0.264 e. The standard InChI is InChI=1S/C24H30N8/c1-4-6-7-14-32-22(26-23(29-32)17(3)5-2)15-18-8-10-19(11-9-18)21-16-25-13-12-20(21)24-27-30-31-28-24/h8-13,16-17H,4-7,14-15H2,1-3H3,(H,27,28,30,31). The maximum Gasteiger partial charge on any atom is 0.180 e. The molecule has 3 heterocycles. The molecule has 0 fully saturated rings. The van der Waals surface area contributed by atoms with Crippen LogP contribution in [0.2, 0.25) is 0 Å². The van der Waals surface area contributed by atoms with Gasteiger partial charge in [0.25, 0.3) is 0 Å². The SMILES string of the molecule is CCCCCn1nc(C(C)CC)nc1Cc1ccc(-c2cnccc2-c2nnn[nH]2)cc1. The first-order chi connectivity index (χ1) is 15.7. The van der Waals surface area contributed by atoms with Crippen LogP contribution in [0, 0.1) is 0 Å². The van der Waals surface area contributed by atoms with Crippen molar-refractivity contribution in [1.29, 1.82) is 0 Å². The number of H-pyrrole nitrogens is 1. The topological polar surface area (TPSA) is 98.1 Å². The highest BCUT2D eigenvalue weighted by Crippen LogP contribution is 2.29. The zero-order valence-electron chi connectivity index (χ0n) is 19.0. The normalized spacial score (nSPS) is 12.2. The Hall–Kier alpha value is -3.42. The fourth-order valence-electron chi connectivity index (χ4n) is 3.70. The maximum absolute atomic E-state index is 4.90. The molecule has 0 aliphatic carbocycles. The number of benzene rings is 1. The first-order valence-corrected chi connectivity index (χ1v) is 11.4. The third kappa shape index (κ3) is 4.90. The van der Waals surface area contributed by atoms with E-state index in [0.717, 1.165) is 54.1 Å².